The van der Waals surface area contributed by atoms with Gasteiger partial charge in [-0.1, -0.05) is 6.92 Å². The van der Waals surface area contributed by atoms with E-state index in [1.807, 2.05) is 6.92 Å². The monoisotopic (exact) mass is 255 g/mol. The van der Waals surface area contributed by atoms with Crippen LogP contribution in [-0.2, 0) is 9.47 Å². The Balaban J connectivity index is 2.20. The normalized spacial score (nSPS) is 22.9. The van der Waals surface area contributed by atoms with Gasteiger partial charge in [0.25, 0.3) is 0 Å². The van der Waals surface area contributed by atoms with Crippen LogP contribution < -0.4 is 5.32 Å². The average Bonchev–Trinajstić information content (AvgIpc) is 2.74. The molecule has 0 amide bonds. The molecule has 0 spiro atoms. The highest BCUT2D eigenvalue weighted by Gasteiger charge is 2.28. The molecule has 1 N–H and O–H groups in total. The third kappa shape index (κ3) is 6.24. The topological polar surface area (TPSA) is 30.5 Å². The summed E-state index contributed by atoms with van der Waals surface area (Å²) in [5.41, 5.74) is 0. The highest BCUT2D eigenvalue weighted by molar-refractivity contribution is 4.78. The van der Waals surface area contributed by atoms with Gasteiger partial charge in [0, 0.05) is 18.6 Å². The fourth-order valence-corrected chi connectivity index (χ4v) is 1.89. The van der Waals surface area contributed by atoms with Crippen LogP contribution in [0.4, 0.5) is 13.2 Å². The molecule has 2 atom stereocenters. The zero-order chi connectivity index (χ0) is 12.7. The maximum absolute atomic E-state index is 11.9. The SMILES string of the molecule is CCNC(COCCC(F)(F)F)C1CCOC1. The Bertz CT molecular complexity index is 205. The second-order valence-corrected chi connectivity index (χ2v) is 4.23. The van der Waals surface area contributed by atoms with Crippen LogP contribution in [0.3, 0.4) is 0 Å². The maximum atomic E-state index is 11.9. The summed E-state index contributed by atoms with van der Waals surface area (Å²) in [4.78, 5) is 0. The molecule has 1 saturated heterocycles. The Morgan fingerprint density at radius 2 is 2.24 bits per heavy atom. The Kier molecular flexibility index (Phi) is 6.22. The summed E-state index contributed by atoms with van der Waals surface area (Å²) in [7, 11) is 0. The smallest absolute Gasteiger partial charge is 0.381 e. The van der Waals surface area contributed by atoms with E-state index in [1.165, 1.54) is 0 Å². The van der Waals surface area contributed by atoms with E-state index in [1.54, 1.807) is 0 Å². The zero-order valence-corrected chi connectivity index (χ0v) is 10.1. The molecule has 102 valence electrons. The number of ether oxygens (including phenoxy) is 2. The van der Waals surface area contributed by atoms with Crippen molar-refractivity contribution < 1.29 is 22.6 Å². The standard InChI is InChI=1S/C11H20F3NO2/c1-2-15-10(9-3-5-16-7-9)8-17-6-4-11(12,13)14/h9-10,15H,2-8H2,1H3. The summed E-state index contributed by atoms with van der Waals surface area (Å²) in [6.07, 6.45) is -4.07. The molecule has 0 aromatic carbocycles. The van der Waals surface area contributed by atoms with E-state index in [0.29, 0.717) is 19.1 Å². The summed E-state index contributed by atoms with van der Waals surface area (Å²) < 4.78 is 46.1. The van der Waals surface area contributed by atoms with Crippen LogP contribution >= 0.6 is 0 Å². The van der Waals surface area contributed by atoms with Gasteiger partial charge in [0.05, 0.1) is 26.2 Å². The first-order valence-electron chi connectivity index (χ1n) is 5.98. The molecule has 0 radical (unpaired) electrons. The summed E-state index contributed by atoms with van der Waals surface area (Å²) in [6, 6.07) is 0.0933. The molecule has 1 rings (SSSR count). The van der Waals surface area contributed by atoms with Crippen molar-refractivity contribution in [1.82, 2.24) is 5.32 Å². The van der Waals surface area contributed by atoms with Gasteiger partial charge in [-0.15, -0.1) is 0 Å². The van der Waals surface area contributed by atoms with Crippen LogP contribution in [-0.4, -0.2) is 45.2 Å². The third-order valence-corrected chi connectivity index (χ3v) is 2.83. The van der Waals surface area contributed by atoms with Gasteiger partial charge >= 0.3 is 6.18 Å². The van der Waals surface area contributed by atoms with Crippen molar-refractivity contribution in [1.29, 1.82) is 0 Å². The molecule has 0 aromatic heterocycles. The third-order valence-electron chi connectivity index (χ3n) is 2.83. The minimum absolute atomic E-state index is 0.0933. The molecular formula is C11H20F3NO2. The van der Waals surface area contributed by atoms with Crippen LogP contribution in [0, 0.1) is 5.92 Å². The van der Waals surface area contributed by atoms with E-state index >= 15 is 0 Å². The minimum Gasteiger partial charge on any atom is -0.381 e. The molecule has 0 bridgehead atoms. The molecule has 1 heterocycles. The van der Waals surface area contributed by atoms with Crippen LogP contribution in [0.1, 0.15) is 19.8 Å². The molecule has 17 heavy (non-hydrogen) atoms. The molecule has 1 aliphatic heterocycles. The lowest BCUT2D eigenvalue weighted by atomic mass is 10.00. The Morgan fingerprint density at radius 1 is 1.47 bits per heavy atom. The van der Waals surface area contributed by atoms with Crippen molar-refractivity contribution >= 4 is 0 Å². The zero-order valence-electron chi connectivity index (χ0n) is 10.1. The van der Waals surface area contributed by atoms with Crippen LogP contribution in [0.25, 0.3) is 0 Å². The molecule has 1 aliphatic rings. The lowest BCUT2D eigenvalue weighted by Gasteiger charge is -2.23. The molecule has 6 heteroatoms. The van der Waals surface area contributed by atoms with Gasteiger partial charge in [-0.3, -0.25) is 0 Å². The Labute approximate surface area is 99.7 Å². The van der Waals surface area contributed by atoms with Gasteiger partial charge in [-0.05, 0) is 13.0 Å². The van der Waals surface area contributed by atoms with Crippen LogP contribution in [0.2, 0.25) is 0 Å². The number of hydrogen-bond acceptors (Lipinski definition) is 3. The van der Waals surface area contributed by atoms with Gasteiger partial charge in [-0.2, -0.15) is 13.2 Å². The van der Waals surface area contributed by atoms with Crippen LogP contribution in [0.5, 0.6) is 0 Å². The first kappa shape index (κ1) is 14.7. The predicted octanol–water partition coefficient (Wildman–Crippen LogP) is 1.97. The lowest BCUT2D eigenvalue weighted by molar-refractivity contribution is -0.145. The van der Waals surface area contributed by atoms with Crippen molar-refractivity contribution in [2.45, 2.75) is 32.0 Å². The van der Waals surface area contributed by atoms with Crippen molar-refractivity contribution in [3.63, 3.8) is 0 Å². The second-order valence-electron chi connectivity index (χ2n) is 4.23. The van der Waals surface area contributed by atoms with Crippen molar-refractivity contribution in [2.75, 3.05) is 33.0 Å². The number of alkyl halides is 3. The lowest BCUT2D eigenvalue weighted by Crippen LogP contribution is -2.40. The van der Waals surface area contributed by atoms with E-state index < -0.39 is 12.6 Å². The molecular weight excluding hydrogens is 235 g/mol. The van der Waals surface area contributed by atoms with E-state index in [9.17, 15) is 13.2 Å². The summed E-state index contributed by atoms with van der Waals surface area (Å²) in [6.45, 7) is 4.20. The van der Waals surface area contributed by atoms with Gasteiger partial charge in [0.15, 0.2) is 0 Å². The number of halogens is 3. The first-order chi connectivity index (χ1) is 8.03. The van der Waals surface area contributed by atoms with Gasteiger partial charge < -0.3 is 14.8 Å². The first-order valence-corrected chi connectivity index (χ1v) is 5.98. The van der Waals surface area contributed by atoms with Gasteiger partial charge in [0.1, 0.15) is 0 Å². The van der Waals surface area contributed by atoms with Gasteiger partial charge in [0.2, 0.25) is 0 Å². The number of rotatable bonds is 7. The van der Waals surface area contributed by atoms with E-state index in [0.717, 1.165) is 19.6 Å². The molecule has 0 aromatic rings. The van der Waals surface area contributed by atoms with E-state index in [2.05, 4.69) is 5.32 Å². The fraction of sp³-hybridized carbons (Fsp3) is 1.00. The highest BCUT2D eigenvalue weighted by atomic mass is 19.4. The van der Waals surface area contributed by atoms with E-state index in [-0.39, 0.29) is 12.6 Å². The summed E-state index contributed by atoms with van der Waals surface area (Å²) >= 11 is 0. The Hall–Kier alpha value is -0.330. The molecule has 0 aliphatic carbocycles. The van der Waals surface area contributed by atoms with Gasteiger partial charge in [-0.25, -0.2) is 0 Å². The van der Waals surface area contributed by atoms with Crippen LogP contribution in [0.15, 0.2) is 0 Å². The largest absolute Gasteiger partial charge is 0.391 e. The van der Waals surface area contributed by atoms with Crippen molar-refractivity contribution in [3.8, 4) is 0 Å². The average molecular weight is 255 g/mol. The summed E-state index contributed by atoms with van der Waals surface area (Å²) in [5.74, 6) is 0.348. The highest BCUT2D eigenvalue weighted by Crippen LogP contribution is 2.20. The molecule has 3 nitrogen and oxygen atoms in total. The second kappa shape index (κ2) is 7.18. The maximum Gasteiger partial charge on any atom is 0.391 e. The van der Waals surface area contributed by atoms with Crippen molar-refractivity contribution in [2.24, 2.45) is 5.92 Å². The van der Waals surface area contributed by atoms with E-state index in [4.69, 9.17) is 9.47 Å². The molecule has 1 fully saturated rings. The summed E-state index contributed by atoms with van der Waals surface area (Å²) in [5, 5.41) is 3.24. The fourth-order valence-electron chi connectivity index (χ4n) is 1.89. The predicted molar refractivity (Wildman–Crippen MR) is 57.9 cm³/mol. The number of hydrogen-bond donors (Lipinski definition) is 1. The molecule has 0 saturated carbocycles. The minimum atomic E-state index is -4.13. The number of nitrogens with one attached hydrogen (secondary N) is 1. The molecule has 2 unspecified atom stereocenters. The number of likely N-dealkylation sites (N-methyl/N-ethyl adjacent to an activating group) is 1. The van der Waals surface area contributed by atoms with Crippen molar-refractivity contribution in [3.05, 3.63) is 0 Å². The Morgan fingerprint density at radius 3 is 2.76 bits per heavy atom. The quantitative estimate of drug-likeness (QED) is 0.705.